The molecule has 0 aliphatic heterocycles. The molecule has 6 N–H and O–H groups in total. The first kappa shape index (κ1) is 43.5. The number of nitriles is 2. The van der Waals surface area contributed by atoms with Crippen LogP contribution in [0.25, 0.3) is 0 Å². The van der Waals surface area contributed by atoms with Crippen molar-refractivity contribution in [2.24, 2.45) is 0 Å². The van der Waals surface area contributed by atoms with Crippen molar-refractivity contribution >= 4 is 46.4 Å². The number of hydrogen-bond donors (Lipinski definition) is 6. The highest BCUT2D eigenvalue weighted by Gasteiger charge is 2.33. The molecule has 292 valence electrons. The molecule has 0 heterocycles. The maximum atomic E-state index is 13.9. The predicted octanol–water partition coefficient (Wildman–Crippen LogP) is 5.47. The lowest BCUT2D eigenvalue weighted by molar-refractivity contribution is -0.135. The number of hydrogen-bond acceptors (Lipinski definition) is 10. The third-order valence-electron chi connectivity index (χ3n) is 7.73. The van der Waals surface area contributed by atoms with Crippen LogP contribution < -0.4 is 30.7 Å². The van der Waals surface area contributed by atoms with Gasteiger partial charge in [0.05, 0.1) is 34.6 Å². The van der Waals surface area contributed by atoms with Crippen molar-refractivity contribution in [3.8, 4) is 23.6 Å². The smallest absolute Gasteiger partial charge is 0.259 e. The maximum Gasteiger partial charge on any atom is 0.259 e. The van der Waals surface area contributed by atoms with E-state index in [-0.39, 0.29) is 22.9 Å². The molecule has 2 unspecified atom stereocenters. The van der Waals surface area contributed by atoms with Crippen LogP contribution >= 0.6 is 0 Å². The molecule has 0 saturated carbocycles. The molecule has 0 aromatic heterocycles. The van der Waals surface area contributed by atoms with Gasteiger partial charge in [-0.25, -0.2) is 8.78 Å². The average Bonchev–Trinajstić information content (AvgIpc) is 3.12. The molecule has 16 heteroatoms. The summed E-state index contributed by atoms with van der Waals surface area (Å²) >= 11 is 0. The van der Waals surface area contributed by atoms with E-state index in [1.807, 2.05) is 12.1 Å². The molecule has 56 heavy (non-hydrogen) atoms. The van der Waals surface area contributed by atoms with Crippen molar-refractivity contribution in [2.45, 2.75) is 52.7 Å². The van der Waals surface area contributed by atoms with Gasteiger partial charge in [-0.3, -0.25) is 19.2 Å². The zero-order chi connectivity index (χ0) is 41.8. The number of anilines is 4. The van der Waals surface area contributed by atoms with Crippen molar-refractivity contribution in [3.05, 3.63) is 107 Å². The molecule has 2 atom stereocenters. The van der Waals surface area contributed by atoms with Crippen LogP contribution in [0.2, 0.25) is 0 Å². The molecule has 0 bridgehead atoms. The molecular weight excluding hydrogens is 730 g/mol. The first-order valence-corrected chi connectivity index (χ1v) is 16.7. The second-order valence-corrected chi connectivity index (χ2v) is 13.0. The van der Waals surface area contributed by atoms with Crippen LogP contribution in [0.15, 0.2) is 72.8 Å². The van der Waals surface area contributed by atoms with E-state index in [4.69, 9.17) is 20.0 Å². The Bertz CT molecular complexity index is 2060. The fourth-order valence-electron chi connectivity index (χ4n) is 4.60. The molecule has 0 radical (unpaired) electrons. The highest BCUT2D eigenvalue weighted by atomic mass is 19.1. The minimum Gasteiger partial charge on any atom is -0.490 e. The molecule has 14 nitrogen and oxygen atoms in total. The molecule has 0 aliphatic carbocycles. The number of nitrogens with zero attached hydrogens (tertiary/aromatic N) is 2. The SMILES string of the molecule is CC(=O)Nc1ccc(OCC(C)(O)C(=O)Nc2ccc(C#N)c(C)c2)cc1F.CC(=O)Nc1ccc(OCC(C)(O)C(=O)Nc2ccc(C#N)c(C)c2)cc1F. The van der Waals surface area contributed by atoms with E-state index in [1.54, 1.807) is 50.2 Å². The Morgan fingerprint density at radius 2 is 0.982 bits per heavy atom. The zero-order valence-electron chi connectivity index (χ0n) is 31.3. The highest BCUT2D eigenvalue weighted by Crippen LogP contribution is 2.24. The van der Waals surface area contributed by atoms with Crippen LogP contribution in [0, 0.1) is 48.1 Å². The quantitative estimate of drug-likeness (QED) is 0.107. The average molecular weight is 771 g/mol. The van der Waals surface area contributed by atoms with Gasteiger partial charge in [-0.05, 0) is 99.5 Å². The normalized spacial score (nSPS) is 12.4. The van der Waals surface area contributed by atoms with Gasteiger partial charge in [-0.1, -0.05) is 0 Å². The molecular formula is C40H40F2N6O8. The summed E-state index contributed by atoms with van der Waals surface area (Å²) in [5, 5.41) is 48.4. The summed E-state index contributed by atoms with van der Waals surface area (Å²) in [6.07, 6.45) is 0. The number of carbonyl (C=O) groups is 4. The summed E-state index contributed by atoms with van der Waals surface area (Å²) < 4.78 is 38.5. The number of benzene rings is 4. The fourth-order valence-corrected chi connectivity index (χ4v) is 4.60. The van der Waals surface area contributed by atoms with Gasteiger partial charge >= 0.3 is 0 Å². The van der Waals surface area contributed by atoms with Crippen molar-refractivity contribution in [1.82, 2.24) is 0 Å². The molecule has 0 spiro atoms. The summed E-state index contributed by atoms with van der Waals surface area (Å²) in [5.74, 6) is -3.48. The Balaban J connectivity index is 0.000000300. The van der Waals surface area contributed by atoms with E-state index in [9.17, 15) is 38.2 Å². The Kier molecular flexibility index (Phi) is 14.7. The molecule has 4 rings (SSSR count). The summed E-state index contributed by atoms with van der Waals surface area (Å²) in [5.41, 5.74) is -0.600. The number of ether oxygens (including phenoxy) is 2. The van der Waals surface area contributed by atoms with Crippen molar-refractivity contribution in [2.75, 3.05) is 34.5 Å². The summed E-state index contributed by atoms with van der Waals surface area (Å²) in [6.45, 7) is 7.66. The van der Waals surface area contributed by atoms with Crippen molar-refractivity contribution < 1.29 is 47.6 Å². The summed E-state index contributed by atoms with van der Waals surface area (Å²) in [4.78, 5) is 46.6. The minimum absolute atomic E-state index is 0.000499. The highest BCUT2D eigenvalue weighted by molar-refractivity contribution is 5.98. The maximum absolute atomic E-state index is 13.9. The second-order valence-electron chi connectivity index (χ2n) is 13.0. The number of rotatable bonds is 12. The monoisotopic (exact) mass is 770 g/mol. The van der Waals surface area contributed by atoms with Crippen LogP contribution in [0.3, 0.4) is 0 Å². The number of carbonyl (C=O) groups excluding carboxylic acids is 4. The summed E-state index contributed by atoms with van der Waals surface area (Å²) in [6, 6.07) is 21.1. The molecule has 4 aromatic rings. The molecule has 4 aromatic carbocycles. The largest absolute Gasteiger partial charge is 0.490 e. The van der Waals surface area contributed by atoms with Crippen LogP contribution in [-0.2, 0) is 19.2 Å². The van der Waals surface area contributed by atoms with Crippen LogP contribution in [-0.4, -0.2) is 58.3 Å². The van der Waals surface area contributed by atoms with E-state index in [1.165, 1.54) is 52.0 Å². The topological polar surface area (TPSA) is 223 Å². The summed E-state index contributed by atoms with van der Waals surface area (Å²) in [7, 11) is 0. The van der Waals surface area contributed by atoms with Gasteiger partial charge in [0, 0.05) is 37.4 Å². The first-order valence-electron chi connectivity index (χ1n) is 16.7. The number of halogens is 2. The standard InChI is InChI=1S/2C20H20FN3O4/c2*1-12-8-15(5-4-14(12)10-22)24-19(26)20(3,27)11-28-16-6-7-18(17(21)9-16)23-13(2)25/h2*4-9,27H,11H2,1-3H3,(H,23,25)(H,24,26). The van der Waals surface area contributed by atoms with E-state index >= 15 is 0 Å². The van der Waals surface area contributed by atoms with Gasteiger partial charge in [0.25, 0.3) is 11.8 Å². The van der Waals surface area contributed by atoms with Crippen LogP contribution in [0.5, 0.6) is 11.5 Å². The third kappa shape index (κ3) is 12.6. The number of amides is 4. The molecule has 0 aliphatic rings. The fraction of sp³-hybridized carbons (Fsp3) is 0.250. The first-order chi connectivity index (χ1) is 26.2. The Morgan fingerprint density at radius 1 is 0.625 bits per heavy atom. The van der Waals surface area contributed by atoms with E-state index in [0.717, 1.165) is 12.1 Å². The Labute approximate surface area is 321 Å². The minimum atomic E-state index is -1.89. The van der Waals surface area contributed by atoms with Gasteiger partial charge in [-0.15, -0.1) is 0 Å². The lowest BCUT2D eigenvalue weighted by Crippen LogP contribution is -2.45. The lowest BCUT2D eigenvalue weighted by Gasteiger charge is -2.23. The van der Waals surface area contributed by atoms with E-state index in [2.05, 4.69) is 21.3 Å². The van der Waals surface area contributed by atoms with Gasteiger partial charge in [0.15, 0.2) is 11.2 Å². The molecule has 0 saturated heterocycles. The van der Waals surface area contributed by atoms with Crippen molar-refractivity contribution in [3.63, 3.8) is 0 Å². The van der Waals surface area contributed by atoms with Crippen LogP contribution in [0.4, 0.5) is 31.5 Å². The number of nitrogens with one attached hydrogen (secondary N) is 4. The van der Waals surface area contributed by atoms with E-state index in [0.29, 0.717) is 33.6 Å². The Hall–Kier alpha value is -6.88. The van der Waals surface area contributed by atoms with E-state index < -0.39 is 59.7 Å². The number of aryl methyl sites for hydroxylation is 2. The Morgan fingerprint density at radius 3 is 1.27 bits per heavy atom. The van der Waals surface area contributed by atoms with Gasteiger partial charge in [0.1, 0.15) is 36.3 Å². The molecule has 4 amide bonds. The predicted molar refractivity (Wildman–Crippen MR) is 203 cm³/mol. The molecule has 0 fully saturated rings. The van der Waals surface area contributed by atoms with Gasteiger partial charge in [-0.2, -0.15) is 10.5 Å². The van der Waals surface area contributed by atoms with Crippen LogP contribution in [0.1, 0.15) is 49.9 Å². The third-order valence-corrected chi connectivity index (χ3v) is 7.73. The van der Waals surface area contributed by atoms with Crippen molar-refractivity contribution in [1.29, 1.82) is 10.5 Å². The lowest BCUT2D eigenvalue weighted by atomic mass is 10.1. The zero-order valence-corrected chi connectivity index (χ0v) is 31.3. The number of aliphatic hydroxyl groups is 2. The second kappa shape index (κ2) is 18.9. The van der Waals surface area contributed by atoms with Gasteiger partial charge < -0.3 is 41.0 Å². The van der Waals surface area contributed by atoms with Gasteiger partial charge in [0.2, 0.25) is 11.8 Å².